The fraction of sp³-hybridized carbons (Fsp3) is 0.538. The van der Waals surface area contributed by atoms with E-state index in [0.717, 1.165) is 12.8 Å². The number of ether oxygens (including phenoxy) is 2. The molecule has 106 valence electrons. The molecule has 0 radical (unpaired) electrons. The lowest BCUT2D eigenvalue weighted by Gasteiger charge is -2.21. The van der Waals surface area contributed by atoms with Crippen LogP contribution in [0.1, 0.15) is 19.8 Å². The largest absolute Gasteiger partial charge is 0.493 e. The Bertz CT molecular complexity index is 556. The van der Waals surface area contributed by atoms with Gasteiger partial charge >= 0.3 is 0 Å². The lowest BCUT2D eigenvalue weighted by molar-refractivity contribution is 0.353. The van der Waals surface area contributed by atoms with Gasteiger partial charge in [0, 0.05) is 18.7 Å². The second-order valence-corrected chi connectivity index (χ2v) is 6.51. The monoisotopic (exact) mass is 285 g/mol. The van der Waals surface area contributed by atoms with Gasteiger partial charge in [-0.2, -0.15) is 4.31 Å². The van der Waals surface area contributed by atoms with Crippen LogP contribution in [0.3, 0.4) is 0 Å². The fourth-order valence-corrected chi connectivity index (χ4v) is 4.09. The summed E-state index contributed by atoms with van der Waals surface area (Å²) in [6.07, 6.45) is 1.82. The molecule has 1 heterocycles. The van der Waals surface area contributed by atoms with E-state index in [4.69, 9.17) is 9.47 Å². The van der Waals surface area contributed by atoms with Crippen molar-refractivity contribution in [3.05, 3.63) is 18.2 Å². The first-order valence-electron chi connectivity index (χ1n) is 6.24. The third-order valence-corrected chi connectivity index (χ3v) is 5.46. The van der Waals surface area contributed by atoms with Crippen LogP contribution in [0, 0.1) is 0 Å². The van der Waals surface area contributed by atoms with E-state index in [2.05, 4.69) is 0 Å². The number of nitrogens with zero attached hydrogens (tertiary/aromatic N) is 1. The van der Waals surface area contributed by atoms with Gasteiger partial charge in [0.25, 0.3) is 0 Å². The highest BCUT2D eigenvalue weighted by Crippen LogP contribution is 2.32. The van der Waals surface area contributed by atoms with E-state index in [9.17, 15) is 8.42 Å². The molecule has 1 fully saturated rings. The van der Waals surface area contributed by atoms with Crippen LogP contribution < -0.4 is 9.47 Å². The molecular weight excluding hydrogens is 266 g/mol. The van der Waals surface area contributed by atoms with E-state index in [0.29, 0.717) is 18.0 Å². The molecule has 0 saturated carbocycles. The third kappa shape index (κ3) is 2.55. The van der Waals surface area contributed by atoms with Gasteiger partial charge in [0.15, 0.2) is 11.5 Å². The van der Waals surface area contributed by atoms with Gasteiger partial charge in [-0.3, -0.25) is 0 Å². The Morgan fingerprint density at radius 1 is 1.21 bits per heavy atom. The first kappa shape index (κ1) is 14.1. The molecule has 0 bridgehead atoms. The summed E-state index contributed by atoms with van der Waals surface area (Å²) in [5.74, 6) is 0.950. The summed E-state index contributed by atoms with van der Waals surface area (Å²) >= 11 is 0. The van der Waals surface area contributed by atoms with Gasteiger partial charge in [0.2, 0.25) is 10.0 Å². The molecule has 1 aliphatic heterocycles. The van der Waals surface area contributed by atoms with Crippen molar-refractivity contribution < 1.29 is 17.9 Å². The highest BCUT2D eigenvalue weighted by Gasteiger charge is 2.33. The molecule has 0 aromatic heterocycles. The quantitative estimate of drug-likeness (QED) is 0.847. The van der Waals surface area contributed by atoms with E-state index >= 15 is 0 Å². The number of sulfonamides is 1. The minimum absolute atomic E-state index is 0.0538. The predicted molar refractivity (Wildman–Crippen MR) is 72.1 cm³/mol. The number of hydrogen-bond donors (Lipinski definition) is 0. The van der Waals surface area contributed by atoms with Crippen molar-refractivity contribution in [2.24, 2.45) is 0 Å². The van der Waals surface area contributed by atoms with Crippen molar-refractivity contribution >= 4 is 10.0 Å². The van der Waals surface area contributed by atoms with Crippen LogP contribution in [0.15, 0.2) is 23.1 Å². The Hall–Kier alpha value is -1.27. The summed E-state index contributed by atoms with van der Waals surface area (Å²) < 4.78 is 36.9. The molecule has 2 rings (SSSR count). The smallest absolute Gasteiger partial charge is 0.243 e. The van der Waals surface area contributed by atoms with Gasteiger partial charge in [0.1, 0.15) is 0 Å². The molecule has 0 aliphatic carbocycles. The molecule has 1 aliphatic rings. The molecule has 1 aromatic rings. The molecule has 1 unspecified atom stereocenters. The van der Waals surface area contributed by atoms with Gasteiger partial charge in [-0.1, -0.05) is 0 Å². The topological polar surface area (TPSA) is 55.8 Å². The van der Waals surface area contributed by atoms with E-state index in [1.54, 1.807) is 16.4 Å². The molecule has 1 aromatic carbocycles. The summed E-state index contributed by atoms with van der Waals surface area (Å²) in [4.78, 5) is 0.249. The molecule has 6 heteroatoms. The summed E-state index contributed by atoms with van der Waals surface area (Å²) in [5, 5.41) is 0. The summed E-state index contributed by atoms with van der Waals surface area (Å²) in [6, 6.07) is 4.74. The molecular formula is C13H19NO4S. The standard InChI is InChI=1S/C13H19NO4S/c1-10-5-4-8-14(10)19(15,16)11-6-7-12(17-2)13(9-11)18-3/h6-7,9-10H,4-5,8H2,1-3H3. The maximum atomic E-state index is 12.5. The zero-order valence-electron chi connectivity index (χ0n) is 11.4. The van der Waals surface area contributed by atoms with E-state index in [1.807, 2.05) is 6.92 Å². The molecule has 0 N–H and O–H groups in total. The molecule has 19 heavy (non-hydrogen) atoms. The normalized spacial score (nSPS) is 20.5. The van der Waals surface area contributed by atoms with Gasteiger partial charge in [-0.25, -0.2) is 8.42 Å². The minimum Gasteiger partial charge on any atom is -0.493 e. The summed E-state index contributed by atoms with van der Waals surface area (Å²) in [5.41, 5.74) is 0. The zero-order chi connectivity index (χ0) is 14.0. The second kappa shape index (κ2) is 5.38. The van der Waals surface area contributed by atoms with Crippen LogP contribution in [0.5, 0.6) is 11.5 Å². The Balaban J connectivity index is 2.40. The maximum absolute atomic E-state index is 12.5. The van der Waals surface area contributed by atoms with Crippen molar-refractivity contribution in [1.29, 1.82) is 0 Å². The Morgan fingerprint density at radius 3 is 2.42 bits per heavy atom. The van der Waals surface area contributed by atoms with Crippen molar-refractivity contribution in [2.75, 3.05) is 20.8 Å². The van der Waals surface area contributed by atoms with Crippen LogP contribution in [-0.4, -0.2) is 39.5 Å². The highest BCUT2D eigenvalue weighted by molar-refractivity contribution is 7.89. The SMILES string of the molecule is COc1ccc(S(=O)(=O)N2CCCC2C)cc1OC. The Morgan fingerprint density at radius 2 is 1.89 bits per heavy atom. The molecule has 1 atom stereocenters. The van der Waals surface area contributed by atoms with Crippen LogP contribution in [0.2, 0.25) is 0 Å². The second-order valence-electron chi connectivity index (χ2n) is 4.62. The number of rotatable bonds is 4. The molecule has 0 spiro atoms. The molecule has 5 nitrogen and oxygen atoms in total. The van der Waals surface area contributed by atoms with Crippen molar-refractivity contribution in [2.45, 2.75) is 30.7 Å². The van der Waals surface area contributed by atoms with Gasteiger partial charge in [0.05, 0.1) is 19.1 Å². The van der Waals surface area contributed by atoms with E-state index in [1.165, 1.54) is 20.3 Å². The molecule has 0 amide bonds. The number of hydrogen-bond acceptors (Lipinski definition) is 4. The van der Waals surface area contributed by atoms with Crippen molar-refractivity contribution in [3.8, 4) is 11.5 Å². The average Bonchev–Trinajstić information content (AvgIpc) is 2.84. The zero-order valence-corrected chi connectivity index (χ0v) is 12.2. The third-order valence-electron chi connectivity index (χ3n) is 3.45. The van der Waals surface area contributed by atoms with Gasteiger partial charge in [-0.05, 0) is 31.9 Å². The highest BCUT2D eigenvalue weighted by atomic mass is 32.2. The van der Waals surface area contributed by atoms with Crippen LogP contribution in [0.25, 0.3) is 0 Å². The fourth-order valence-electron chi connectivity index (χ4n) is 2.38. The predicted octanol–water partition coefficient (Wildman–Crippen LogP) is 1.88. The summed E-state index contributed by atoms with van der Waals surface area (Å²) in [7, 11) is -0.433. The first-order chi connectivity index (χ1) is 9.00. The maximum Gasteiger partial charge on any atom is 0.243 e. The Kier molecular flexibility index (Phi) is 4.01. The first-order valence-corrected chi connectivity index (χ1v) is 7.68. The number of benzene rings is 1. The van der Waals surface area contributed by atoms with Crippen molar-refractivity contribution in [3.63, 3.8) is 0 Å². The number of methoxy groups -OCH3 is 2. The lowest BCUT2D eigenvalue weighted by Crippen LogP contribution is -2.33. The molecule has 1 saturated heterocycles. The van der Waals surface area contributed by atoms with E-state index < -0.39 is 10.0 Å². The van der Waals surface area contributed by atoms with Crippen LogP contribution >= 0.6 is 0 Å². The van der Waals surface area contributed by atoms with Crippen LogP contribution in [0.4, 0.5) is 0 Å². The summed E-state index contributed by atoms with van der Waals surface area (Å²) in [6.45, 7) is 2.52. The van der Waals surface area contributed by atoms with Crippen molar-refractivity contribution in [1.82, 2.24) is 4.31 Å². The van der Waals surface area contributed by atoms with E-state index in [-0.39, 0.29) is 10.9 Å². The minimum atomic E-state index is -3.45. The average molecular weight is 285 g/mol. The van der Waals surface area contributed by atoms with Gasteiger partial charge in [-0.15, -0.1) is 0 Å². The Labute approximate surface area is 114 Å². The van der Waals surface area contributed by atoms with Gasteiger partial charge < -0.3 is 9.47 Å². The lowest BCUT2D eigenvalue weighted by atomic mass is 10.3. The van der Waals surface area contributed by atoms with Crippen LogP contribution in [-0.2, 0) is 10.0 Å².